The number of nitrogens with zero attached hydrogens (tertiary/aromatic N) is 1. The smallest absolute Gasteiger partial charge is 0.330 e. The SMILES string of the molecule is CCOC(=O)/C=C/c1ccc(-n2c(C)ccc2-c2ccc(/C=C/C(=O)O)cc2)cc1. The van der Waals surface area contributed by atoms with Gasteiger partial charge in [-0.1, -0.05) is 36.4 Å². The topological polar surface area (TPSA) is 68.5 Å². The van der Waals surface area contributed by atoms with Crippen molar-refractivity contribution in [2.75, 3.05) is 6.61 Å². The van der Waals surface area contributed by atoms with Crippen LogP contribution in [-0.2, 0) is 14.3 Å². The molecule has 1 aromatic heterocycles. The maximum Gasteiger partial charge on any atom is 0.330 e. The van der Waals surface area contributed by atoms with Crippen LogP contribution < -0.4 is 0 Å². The summed E-state index contributed by atoms with van der Waals surface area (Å²) in [7, 11) is 0. The number of aliphatic carboxylic acids is 1. The highest BCUT2D eigenvalue weighted by atomic mass is 16.5. The van der Waals surface area contributed by atoms with E-state index in [9.17, 15) is 9.59 Å². The first-order valence-corrected chi connectivity index (χ1v) is 9.63. The van der Waals surface area contributed by atoms with E-state index < -0.39 is 5.97 Å². The molecule has 5 heteroatoms. The minimum atomic E-state index is -0.968. The van der Waals surface area contributed by atoms with E-state index in [2.05, 4.69) is 16.7 Å². The Morgan fingerprint density at radius 1 is 0.900 bits per heavy atom. The van der Waals surface area contributed by atoms with Crippen LogP contribution in [0, 0.1) is 6.92 Å². The van der Waals surface area contributed by atoms with Gasteiger partial charge < -0.3 is 14.4 Å². The Hall–Kier alpha value is -3.86. The summed E-state index contributed by atoms with van der Waals surface area (Å²) in [6.45, 7) is 4.18. The van der Waals surface area contributed by atoms with Gasteiger partial charge in [-0.25, -0.2) is 9.59 Å². The molecule has 3 aromatic rings. The molecule has 0 bridgehead atoms. The second kappa shape index (κ2) is 9.56. The monoisotopic (exact) mass is 401 g/mol. The lowest BCUT2D eigenvalue weighted by atomic mass is 10.1. The van der Waals surface area contributed by atoms with Gasteiger partial charge in [0.15, 0.2) is 0 Å². The van der Waals surface area contributed by atoms with E-state index in [-0.39, 0.29) is 5.97 Å². The van der Waals surface area contributed by atoms with Crippen LogP contribution >= 0.6 is 0 Å². The fourth-order valence-electron chi connectivity index (χ4n) is 3.13. The van der Waals surface area contributed by atoms with Crippen molar-refractivity contribution in [2.24, 2.45) is 0 Å². The number of carboxylic acids is 1. The Morgan fingerprint density at radius 3 is 2.10 bits per heavy atom. The van der Waals surface area contributed by atoms with Gasteiger partial charge in [-0.3, -0.25) is 0 Å². The number of hydrogen-bond acceptors (Lipinski definition) is 3. The molecule has 0 amide bonds. The van der Waals surface area contributed by atoms with Gasteiger partial charge in [-0.15, -0.1) is 0 Å². The molecule has 0 fully saturated rings. The minimum Gasteiger partial charge on any atom is -0.478 e. The number of aromatic nitrogens is 1. The molecule has 0 saturated heterocycles. The van der Waals surface area contributed by atoms with Gasteiger partial charge >= 0.3 is 11.9 Å². The molecule has 0 radical (unpaired) electrons. The molecule has 0 saturated carbocycles. The summed E-state index contributed by atoms with van der Waals surface area (Å²) in [5.74, 6) is -1.32. The number of esters is 1. The van der Waals surface area contributed by atoms with E-state index in [1.165, 1.54) is 6.08 Å². The van der Waals surface area contributed by atoms with Crippen molar-refractivity contribution in [1.29, 1.82) is 0 Å². The zero-order chi connectivity index (χ0) is 21.5. The fourth-order valence-corrected chi connectivity index (χ4v) is 3.13. The number of rotatable bonds is 7. The van der Waals surface area contributed by atoms with Crippen molar-refractivity contribution in [3.63, 3.8) is 0 Å². The lowest BCUT2D eigenvalue weighted by molar-refractivity contribution is -0.137. The van der Waals surface area contributed by atoms with Gasteiger partial charge in [0.2, 0.25) is 0 Å². The van der Waals surface area contributed by atoms with E-state index >= 15 is 0 Å². The Kier molecular flexibility index (Phi) is 6.65. The van der Waals surface area contributed by atoms with Crippen LogP contribution in [0.1, 0.15) is 23.7 Å². The van der Waals surface area contributed by atoms with Gasteiger partial charge in [0.25, 0.3) is 0 Å². The molecule has 0 aliphatic rings. The van der Waals surface area contributed by atoms with Gasteiger partial charge in [0, 0.05) is 23.5 Å². The second-order valence-electron chi connectivity index (χ2n) is 6.67. The zero-order valence-corrected chi connectivity index (χ0v) is 16.9. The molecular formula is C25H23NO4. The van der Waals surface area contributed by atoms with Crippen molar-refractivity contribution in [3.05, 3.63) is 89.6 Å². The van der Waals surface area contributed by atoms with E-state index in [1.54, 1.807) is 19.1 Å². The zero-order valence-electron chi connectivity index (χ0n) is 16.9. The molecule has 0 aliphatic heterocycles. The first-order chi connectivity index (χ1) is 14.5. The average molecular weight is 401 g/mol. The fraction of sp³-hybridized carbons (Fsp3) is 0.120. The molecule has 0 spiro atoms. The number of ether oxygens (including phenoxy) is 1. The first-order valence-electron chi connectivity index (χ1n) is 9.63. The highest BCUT2D eigenvalue weighted by Crippen LogP contribution is 2.27. The van der Waals surface area contributed by atoms with E-state index in [4.69, 9.17) is 9.84 Å². The second-order valence-corrected chi connectivity index (χ2v) is 6.67. The summed E-state index contributed by atoms with van der Waals surface area (Å²) in [5, 5.41) is 8.76. The van der Waals surface area contributed by atoms with Crippen molar-refractivity contribution in [3.8, 4) is 16.9 Å². The molecule has 5 nitrogen and oxygen atoms in total. The maximum absolute atomic E-state index is 11.5. The lowest BCUT2D eigenvalue weighted by Crippen LogP contribution is -1.99. The van der Waals surface area contributed by atoms with E-state index in [1.807, 2.05) is 55.5 Å². The third kappa shape index (κ3) is 5.14. The first kappa shape index (κ1) is 20.9. The number of carbonyl (C=O) groups is 2. The number of carboxylic acid groups (broad SMARTS) is 1. The molecule has 0 aliphatic carbocycles. The maximum atomic E-state index is 11.5. The van der Waals surface area contributed by atoms with Crippen LogP contribution in [-0.4, -0.2) is 28.2 Å². The molecule has 1 heterocycles. The van der Waals surface area contributed by atoms with Gasteiger partial charge in [0.05, 0.1) is 12.3 Å². The number of carbonyl (C=O) groups excluding carboxylic acids is 1. The normalized spacial score (nSPS) is 11.3. The quantitative estimate of drug-likeness (QED) is 0.440. The molecular weight excluding hydrogens is 378 g/mol. The van der Waals surface area contributed by atoms with Crippen molar-refractivity contribution < 1.29 is 19.4 Å². The predicted octanol–water partition coefficient (Wildman–Crippen LogP) is 5.13. The van der Waals surface area contributed by atoms with Crippen molar-refractivity contribution in [2.45, 2.75) is 13.8 Å². The highest BCUT2D eigenvalue weighted by molar-refractivity contribution is 5.87. The third-order valence-corrected chi connectivity index (χ3v) is 4.55. The summed E-state index contributed by atoms with van der Waals surface area (Å²) < 4.78 is 7.05. The van der Waals surface area contributed by atoms with Crippen LogP contribution in [0.3, 0.4) is 0 Å². The predicted molar refractivity (Wildman–Crippen MR) is 118 cm³/mol. The van der Waals surface area contributed by atoms with Crippen LogP contribution in [0.4, 0.5) is 0 Å². The molecule has 30 heavy (non-hydrogen) atoms. The van der Waals surface area contributed by atoms with Gasteiger partial charge in [-0.05, 0) is 67.0 Å². The summed E-state index contributed by atoms with van der Waals surface area (Å²) in [4.78, 5) is 22.1. The Morgan fingerprint density at radius 2 is 1.50 bits per heavy atom. The van der Waals surface area contributed by atoms with Crippen molar-refractivity contribution in [1.82, 2.24) is 4.57 Å². The summed E-state index contributed by atoms with van der Waals surface area (Å²) >= 11 is 0. The number of hydrogen-bond donors (Lipinski definition) is 1. The van der Waals surface area contributed by atoms with Crippen LogP contribution in [0.5, 0.6) is 0 Å². The Bertz CT molecular complexity index is 1090. The van der Waals surface area contributed by atoms with E-state index in [0.717, 1.165) is 39.8 Å². The molecule has 3 rings (SSSR count). The molecule has 0 unspecified atom stereocenters. The third-order valence-electron chi connectivity index (χ3n) is 4.55. The van der Waals surface area contributed by atoms with Crippen LogP contribution in [0.15, 0.2) is 72.8 Å². The standard InChI is InChI=1S/C25H23NO4/c1-3-30-25(29)17-10-20-7-13-22(14-8-20)26-18(2)4-15-23(26)21-11-5-19(6-12-21)9-16-24(27)28/h4-17H,3H2,1-2H3,(H,27,28)/b16-9+,17-10+. The number of aryl methyl sites for hydroxylation is 1. The van der Waals surface area contributed by atoms with Gasteiger partial charge in [0.1, 0.15) is 0 Å². The van der Waals surface area contributed by atoms with Crippen LogP contribution in [0.25, 0.3) is 29.1 Å². The highest BCUT2D eigenvalue weighted by Gasteiger charge is 2.09. The largest absolute Gasteiger partial charge is 0.478 e. The van der Waals surface area contributed by atoms with Gasteiger partial charge in [-0.2, -0.15) is 0 Å². The van der Waals surface area contributed by atoms with E-state index in [0.29, 0.717) is 6.61 Å². The Labute approximate surface area is 175 Å². The summed E-state index contributed by atoms with van der Waals surface area (Å²) in [6.07, 6.45) is 5.85. The molecule has 152 valence electrons. The summed E-state index contributed by atoms with van der Waals surface area (Å²) in [6, 6.07) is 19.8. The van der Waals surface area contributed by atoms with Crippen molar-refractivity contribution >= 4 is 24.1 Å². The Balaban J connectivity index is 1.85. The number of benzene rings is 2. The molecule has 1 N–H and O–H groups in total. The summed E-state index contributed by atoms with van der Waals surface area (Å²) in [5.41, 5.74) is 5.91. The molecule has 2 aromatic carbocycles. The molecule has 0 atom stereocenters. The average Bonchev–Trinajstić information content (AvgIpc) is 3.13. The lowest BCUT2D eigenvalue weighted by Gasteiger charge is -2.13. The minimum absolute atomic E-state index is 0.355. The van der Waals surface area contributed by atoms with Crippen LogP contribution in [0.2, 0.25) is 0 Å².